The minimum Gasteiger partial charge on any atom is -0.306 e. The lowest BCUT2D eigenvalue weighted by atomic mass is 10.1. The topological polar surface area (TPSA) is 102 Å². The van der Waals surface area contributed by atoms with Gasteiger partial charge in [0.2, 0.25) is 10.0 Å². The molecule has 8 nitrogen and oxygen atoms in total. The maximum absolute atomic E-state index is 12.9. The second-order valence-corrected chi connectivity index (χ2v) is 9.47. The van der Waals surface area contributed by atoms with Gasteiger partial charge in [0, 0.05) is 16.2 Å². The van der Waals surface area contributed by atoms with Crippen molar-refractivity contribution in [2.45, 2.75) is 24.5 Å². The summed E-state index contributed by atoms with van der Waals surface area (Å²) in [5, 5.41) is 9.02. The summed E-state index contributed by atoms with van der Waals surface area (Å²) < 4.78 is 25.8. The monoisotopic (exact) mass is 472 g/mol. The molecule has 0 aliphatic carbocycles. The zero-order chi connectivity index (χ0) is 18.1. The highest BCUT2D eigenvalue weighted by Gasteiger charge is 2.63. The van der Waals surface area contributed by atoms with Gasteiger partial charge in [-0.25, -0.2) is 18.1 Å². The third kappa shape index (κ3) is 2.29. The fraction of sp³-hybridized carbons (Fsp3) is 0.400. The second-order valence-electron chi connectivity index (χ2n) is 6.37. The molecule has 3 amide bonds. The molecule has 3 saturated heterocycles. The van der Waals surface area contributed by atoms with E-state index in [1.165, 1.54) is 9.21 Å². The highest BCUT2D eigenvalue weighted by atomic mass is 127. The predicted octanol–water partition coefficient (Wildman–Crippen LogP) is 0.716. The van der Waals surface area contributed by atoms with Crippen molar-refractivity contribution in [3.05, 3.63) is 27.3 Å². The molecule has 0 N–H and O–H groups in total. The average molecular weight is 472 g/mol. The van der Waals surface area contributed by atoms with Crippen molar-refractivity contribution in [1.29, 1.82) is 5.26 Å². The van der Waals surface area contributed by atoms with Crippen molar-refractivity contribution < 1.29 is 18.0 Å². The predicted molar refractivity (Wildman–Crippen MR) is 96.1 cm³/mol. The van der Waals surface area contributed by atoms with E-state index in [0.717, 1.165) is 11.2 Å². The van der Waals surface area contributed by atoms with Crippen LogP contribution in [0.3, 0.4) is 0 Å². The van der Waals surface area contributed by atoms with Gasteiger partial charge in [0.1, 0.15) is 12.1 Å². The van der Waals surface area contributed by atoms with Crippen LogP contribution in [0.2, 0.25) is 0 Å². The molecule has 130 valence electrons. The van der Waals surface area contributed by atoms with E-state index in [4.69, 9.17) is 5.26 Å². The van der Waals surface area contributed by atoms with Crippen molar-refractivity contribution >= 4 is 50.2 Å². The number of fused-ring (bicyclic) bond motifs is 5. The number of hydrogen-bond acceptors (Lipinski definition) is 5. The number of imide groups is 1. The van der Waals surface area contributed by atoms with Crippen molar-refractivity contribution in [3.8, 4) is 6.07 Å². The first-order valence-corrected chi connectivity index (χ1v) is 10.5. The van der Waals surface area contributed by atoms with Gasteiger partial charge in [-0.2, -0.15) is 9.57 Å². The average Bonchev–Trinajstić information content (AvgIpc) is 3.18. The number of rotatable bonds is 2. The summed E-state index contributed by atoms with van der Waals surface area (Å²) in [5.74, 6) is -0.411. The van der Waals surface area contributed by atoms with Gasteiger partial charge in [0.05, 0.1) is 23.5 Å². The van der Waals surface area contributed by atoms with Crippen molar-refractivity contribution in [3.63, 3.8) is 0 Å². The Morgan fingerprint density at radius 1 is 1.32 bits per heavy atom. The number of halogens is 1. The SMILES string of the molecule is CS(=O)(=O)N1CC2CC1C1C(=O)N(c3ccc(C#N)c(I)c3)C(=O)N21. The van der Waals surface area contributed by atoms with Crippen LogP contribution in [0.15, 0.2) is 18.2 Å². The summed E-state index contributed by atoms with van der Waals surface area (Å²) in [6, 6.07) is 4.83. The maximum atomic E-state index is 12.9. The minimum atomic E-state index is -3.42. The van der Waals surface area contributed by atoms with Gasteiger partial charge in [-0.05, 0) is 47.2 Å². The molecule has 3 fully saturated rings. The number of anilines is 1. The molecule has 0 radical (unpaired) electrons. The second kappa shape index (κ2) is 5.39. The molecule has 10 heteroatoms. The number of benzene rings is 1. The first kappa shape index (κ1) is 16.7. The highest BCUT2D eigenvalue weighted by molar-refractivity contribution is 14.1. The lowest BCUT2D eigenvalue weighted by Crippen LogP contribution is -2.54. The summed E-state index contributed by atoms with van der Waals surface area (Å²) in [6.07, 6.45) is 1.62. The third-order valence-electron chi connectivity index (χ3n) is 4.97. The van der Waals surface area contributed by atoms with Crippen LogP contribution in [-0.4, -0.2) is 60.5 Å². The fourth-order valence-electron chi connectivity index (χ4n) is 3.97. The van der Waals surface area contributed by atoms with Crippen molar-refractivity contribution in [2.24, 2.45) is 0 Å². The summed E-state index contributed by atoms with van der Waals surface area (Å²) in [7, 11) is -3.42. The Labute approximate surface area is 158 Å². The minimum absolute atomic E-state index is 0.234. The van der Waals surface area contributed by atoms with Crippen LogP contribution < -0.4 is 4.90 Å². The van der Waals surface area contributed by atoms with Crippen LogP contribution in [0, 0.1) is 14.9 Å². The van der Waals surface area contributed by atoms with Crippen molar-refractivity contribution in [2.75, 3.05) is 17.7 Å². The number of nitriles is 1. The fourth-order valence-corrected chi connectivity index (χ4v) is 5.72. The molecular formula is C15H13IN4O4S. The van der Waals surface area contributed by atoms with Crippen LogP contribution in [0.4, 0.5) is 10.5 Å². The van der Waals surface area contributed by atoms with Gasteiger partial charge >= 0.3 is 6.03 Å². The van der Waals surface area contributed by atoms with E-state index in [0.29, 0.717) is 21.2 Å². The highest BCUT2D eigenvalue weighted by Crippen LogP contribution is 2.43. The van der Waals surface area contributed by atoms with Gasteiger partial charge in [0.15, 0.2) is 0 Å². The Kier molecular flexibility index (Phi) is 3.61. The first-order valence-electron chi connectivity index (χ1n) is 7.57. The van der Waals surface area contributed by atoms with E-state index in [-0.39, 0.29) is 12.6 Å². The van der Waals surface area contributed by atoms with E-state index in [1.54, 1.807) is 18.2 Å². The number of sulfonamides is 1. The summed E-state index contributed by atoms with van der Waals surface area (Å²) in [5.41, 5.74) is 0.866. The van der Waals surface area contributed by atoms with Gasteiger partial charge in [-0.3, -0.25) is 4.79 Å². The number of hydrogen-bond donors (Lipinski definition) is 0. The van der Waals surface area contributed by atoms with Gasteiger partial charge in [-0.15, -0.1) is 0 Å². The molecule has 0 aromatic heterocycles. The zero-order valence-electron chi connectivity index (χ0n) is 13.1. The van der Waals surface area contributed by atoms with Gasteiger partial charge in [-0.1, -0.05) is 0 Å². The normalized spacial score (nSPS) is 28.6. The number of amides is 3. The van der Waals surface area contributed by atoms with E-state index in [2.05, 4.69) is 0 Å². The van der Waals surface area contributed by atoms with E-state index in [1.807, 2.05) is 28.7 Å². The molecule has 3 unspecified atom stereocenters. The zero-order valence-corrected chi connectivity index (χ0v) is 16.1. The molecular weight excluding hydrogens is 459 g/mol. The van der Waals surface area contributed by atoms with E-state index >= 15 is 0 Å². The molecule has 1 aromatic rings. The number of nitrogens with zero attached hydrogens (tertiary/aromatic N) is 4. The number of carbonyl (C=O) groups excluding carboxylic acids is 2. The van der Waals surface area contributed by atoms with Crippen LogP contribution >= 0.6 is 22.6 Å². The van der Waals surface area contributed by atoms with E-state index < -0.39 is 34.0 Å². The van der Waals surface area contributed by atoms with Crippen molar-refractivity contribution in [1.82, 2.24) is 9.21 Å². The summed E-state index contributed by atoms with van der Waals surface area (Å²) in [6.45, 7) is 0.234. The third-order valence-corrected chi connectivity index (χ3v) is 7.14. The van der Waals surface area contributed by atoms with Crippen LogP contribution in [-0.2, 0) is 14.8 Å². The molecule has 2 bridgehead atoms. The van der Waals surface area contributed by atoms with Gasteiger partial charge in [0.25, 0.3) is 5.91 Å². The molecule has 0 saturated carbocycles. The van der Waals surface area contributed by atoms with Crippen LogP contribution in [0.25, 0.3) is 0 Å². The molecule has 0 spiro atoms. The quantitative estimate of drug-likeness (QED) is 0.467. The Balaban J connectivity index is 1.71. The Morgan fingerprint density at radius 3 is 2.64 bits per heavy atom. The Bertz CT molecular complexity index is 957. The molecule has 3 aliphatic rings. The van der Waals surface area contributed by atoms with E-state index in [9.17, 15) is 18.0 Å². The molecule has 3 heterocycles. The largest absolute Gasteiger partial charge is 0.332 e. The number of urea groups is 1. The standard InChI is InChI=1S/C15H13IN4O4S/c1-25(23,24)18-7-10-5-12(18)13-14(21)20(15(22)19(10)13)9-3-2-8(6-17)11(16)4-9/h2-4,10,12-13H,5,7H2,1H3. The molecule has 1 aromatic carbocycles. The Hall–Kier alpha value is -1.71. The smallest absolute Gasteiger partial charge is 0.306 e. The molecule has 4 rings (SSSR count). The summed E-state index contributed by atoms with van der Waals surface area (Å²) in [4.78, 5) is 28.3. The van der Waals surface area contributed by atoms with Gasteiger partial charge < -0.3 is 4.90 Å². The Morgan fingerprint density at radius 2 is 2.04 bits per heavy atom. The molecule has 25 heavy (non-hydrogen) atoms. The first-order chi connectivity index (χ1) is 11.7. The molecule has 3 atom stereocenters. The number of carbonyl (C=O) groups is 2. The van der Waals surface area contributed by atoms with Crippen LogP contribution in [0.5, 0.6) is 0 Å². The maximum Gasteiger partial charge on any atom is 0.332 e. The van der Waals surface area contributed by atoms with Crippen LogP contribution in [0.1, 0.15) is 12.0 Å². The summed E-state index contributed by atoms with van der Waals surface area (Å²) >= 11 is 1.98. The number of piperazine rings is 1. The molecule has 3 aliphatic heterocycles. The lowest BCUT2D eigenvalue weighted by molar-refractivity contribution is -0.120. The lowest BCUT2D eigenvalue weighted by Gasteiger charge is -2.33.